The van der Waals surface area contributed by atoms with Gasteiger partial charge < -0.3 is 9.47 Å². The molecule has 212 valence electrons. The fourth-order valence-electron chi connectivity index (χ4n) is 4.98. The zero-order valence-corrected chi connectivity index (χ0v) is 24.5. The van der Waals surface area contributed by atoms with Crippen molar-refractivity contribution in [1.29, 1.82) is 0 Å². The van der Waals surface area contributed by atoms with Crippen LogP contribution in [0.3, 0.4) is 0 Å². The van der Waals surface area contributed by atoms with E-state index in [4.69, 9.17) is 9.47 Å². The van der Waals surface area contributed by atoms with E-state index in [2.05, 4.69) is 43.1 Å². The summed E-state index contributed by atoms with van der Waals surface area (Å²) in [6.45, 7) is 10.5. The second-order valence-electron chi connectivity index (χ2n) is 10.9. The maximum atomic E-state index is 6.11. The van der Waals surface area contributed by atoms with Crippen molar-refractivity contribution >= 4 is 0 Å². The number of ether oxygens (including phenoxy) is 2. The first-order valence-electron chi connectivity index (χ1n) is 16.1. The highest BCUT2D eigenvalue weighted by molar-refractivity contribution is 4.92. The van der Waals surface area contributed by atoms with E-state index in [1.807, 2.05) is 0 Å². The Kier molecular flexibility index (Phi) is 25.4. The van der Waals surface area contributed by atoms with Crippen molar-refractivity contribution in [2.75, 3.05) is 39.5 Å². The Morgan fingerprint density at radius 1 is 0.556 bits per heavy atom. The molecule has 0 N–H and O–H groups in total. The molecule has 0 bridgehead atoms. The molecule has 0 amide bonds. The molecule has 0 aromatic carbocycles. The first-order valence-corrected chi connectivity index (χ1v) is 16.1. The molecular formula is C33H63NO2. The van der Waals surface area contributed by atoms with Gasteiger partial charge in [0.1, 0.15) is 0 Å². The summed E-state index contributed by atoms with van der Waals surface area (Å²) in [6, 6.07) is 0.456. The molecule has 1 aliphatic rings. The van der Waals surface area contributed by atoms with Gasteiger partial charge in [-0.2, -0.15) is 0 Å². The van der Waals surface area contributed by atoms with E-state index in [0.29, 0.717) is 6.04 Å². The Morgan fingerprint density at radius 3 is 1.56 bits per heavy atom. The minimum Gasteiger partial charge on any atom is -0.380 e. The second-order valence-corrected chi connectivity index (χ2v) is 10.9. The average molecular weight is 506 g/mol. The summed E-state index contributed by atoms with van der Waals surface area (Å²) in [6.07, 6.45) is 35.6. The smallest absolute Gasteiger partial charge is 0.0644 e. The van der Waals surface area contributed by atoms with Crippen molar-refractivity contribution in [3.63, 3.8) is 0 Å². The Hall–Kier alpha value is -0.640. The standard InChI is InChI=1S/C33H63NO2/c1-3-5-7-9-11-12-13-14-15-16-17-18-19-20-22-26-30-36-32-33(34-27-23-24-28-34)31-35-29-25-21-10-8-6-4-2/h11-12,14-15,33H,3-10,13,16-32H2,1-2H3. The van der Waals surface area contributed by atoms with Crippen molar-refractivity contribution in [1.82, 2.24) is 4.90 Å². The van der Waals surface area contributed by atoms with E-state index < -0.39 is 0 Å². The molecular weight excluding hydrogens is 442 g/mol. The lowest BCUT2D eigenvalue weighted by Crippen LogP contribution is -2.40. The van der Waals surface area contributed by atoms with Gasteiger partial charge in [0.05, 0.1) is 19.3 Å². The van der Waals surface area contributed by atoms with Crippen LogP contribution in [0.25, 0.3) is 0 Å². The van der Waals surface area contributed by atoms with Crippen LogP contribution in [0, 0.1) is 0 Å². The summed E-state index contributed by atoms with van der Waals surface area (Å²) in [5.41, 5.74) is 0. The summed E-state index contributed by atoms with van der Waals surface area (Å²) in [5.74, 6) is 0. The zero-order chi connectivity index (χ0) is 25.8. The highest BCUT2D eigenvalue weighted by atomic mass is 16.5. The van der Waals surface area contributed by atoms with Gasteiger partial charge in [-0.15, -0.1) is 0 Å². The molecule has 1 rings (SSSR count). The van der Waals surface area contributed by atoms with Gasteiger partial charge in [0.25, 0.3) is 0 Å². The van der Waals surface area contributed by atoms with Gasteiger partial charge >= 0.3 is 0 Å². The summed E-state index contributed by atoms with van der Waals surface area (Å²) >= 11 is 0. The SMILES string of the molecule is CCCCCC=CCC=CCCCCCCCCOCC(COCCCCCCCC)N1CCCC1. The van der Waals surface area contributed by atoms with Crippen LogP contribution in [-0.2, 0) is 9.47 Å². The van der Waals surface area contributed by atoms with Gasteiger partial charge in [-0.05, 0) is 70.9 Å². The molecule has 1 saturated heterocycles. The largest absolute Gasteiger partial charge is 0.380 e. The monoisotopic (exact) mass is 505 g/mol. The van der Waals surface area contributed by atoms with Gasteiger partial charge in [-0.1, -0.05) is 109 Å². The Morgan fingerprint density at radius 2 is 1.00 bits per heavy atom. The first-order chi connectivity index (χ1) is 17.9. The van der Waals surface area contributed by atoms with Gasteiger partial charge in [0.2, 0.25) is 0 Å². The van der Waals surface area contributed by atoms with Crippen LogP contribution in [-0.4, -0.2) is 50.5 Å². The van der Waals surface area contributed by atoms with E-state index in [1.54, 1.807) is 0 Å². The third-order valence-electron chi connectivity index (χ3n) is 7.41. The number of nitrogens with zero attached hydrogens (tertiary/aromatic N) is 1. The van der Waals surface area contributed by atoms with Crippen LogP contribution in [0.4, 0.5) is 0 Å². The molecule has 1 heterocycles. The number of unbranched alkanes of at least 4 members (excludes halogenated alkanes) is 14. The molecule has 1 unspecified atom stereocenters. The second kappa shape index (κ2) is 27.4. The normalized spacial score (nSPS) is 15.6. The number of rotatable bonds is 27. The van der Waals surface area contributed by atoms with Crippen LogP contribution in [0.2, 0.25) is 0 Å². The van der Waals surface area contributed by atoms with Gasteiger partial charge in [0.15, 0.2) is 0 Å². The minimum absolute atomic E-state index is 0.456. The van der Waals surface area contributed by atoms with Crippen LogP contribution in [0.1, 0.15) is 142 Å². The predicted molar refractivity (Wildman–Crippen MR) is 159 cm³/mol. The topological polar surface area (TPSA) is 21.7 Å². The van der Waals surface area contributed by atoms with E-state index in [0.717, 1.165) is 32.8 Å². The molecule has 36 heavy (non-hydrogen) atoms. The third-order valence-corrected chi connectivity index (χ3v) is 7.41. The molecule has 1 fully saturated rings. The van der Waals surface area contributed by atoms with Crippen molar-refractivity contribution in [3.05, 3.63) is 24.3 Å². The fourth-order valence-corrected chi connectivity index (χ4v) is 4.98. The van der Waals surface area contributed by atoms with Crippen molar-refractivity contribution in [2.24, 2.45) is 0 Å². The molecule has 3 heteroatoms. The fraction of sp³-hybridized carbons (Fsp3) is 0.879. The third kappa shape index (κ3) is 21.4. The molecule has 0 radical (unpaired) electrons. The lowest BCUT2D eigenvalue weighted by molar-refractivity contribution is 0.0110. The van der Waals surface area contributed by atoms with Crippen LogP contribution in [0.5, 0.6) is 0 Å². The molecule has 0 saturated carbocycles. The van der Waals surface area contributed by atoms with E-state index in [1.165, 1.54) is 135 Å². The van der Waals surface area contributed by atoms with Gasteiger partial charge in [-0.3, -0.25) is 4.90 Å². The highest BCUT2D eigenvalue weighted by Crippen LogP contribution is 2.14. The molecule has 3 nitrogen and oxygen atoms in total. The molecule has 1 atom stereocenters. The lowest BCUT2D eigenvalue weighted by atomic mass is 10.1. The number of hydrogen-bond acceptors (Lipinski definition) is 3. The van der Waals surface area contributed by atoms with Gasteiger partial charge in [-0.25, -0.2) is 0 Å². The van der Waals surface area contributed by atoms with Crippen LogP contribution >= 0.6 is 0 Å². The van der Waals surface area contributed by atoms with Crippen molar-refractivity contribution in [3.8, 4) is 0 Å². The lowest BCUT2D eigenvalue weighted by Gasteiger charge is -2.27. The van der Waals surface area contributed by atoms with Crippen LogP contribution in [0.15, 0.2) is 24.3 Å². The van der Waals surface area contributed by atoms with Crippen molar-refractivity contribution < 1.29 is 9.47 Å². The predicted octanol–water partition coefficient (Wildman–Crippen LogP) is 9.66. The number of allylic oxidation sites excluding steroid dienone is 4. The summed E-state index contributed by atoms with van der Waals surface area (Å²) in [5, 5.41) is 0. The van der Waals surface area contributed by atoms with Crippen LogP contribution < -0.4 is 0 Å². The maximum Gasteiger partial charge on any atom is 0.0644 e. The van der Waals surface area contributed by atoms with Gasteiger partial charge in [0, 0.05) is 13.2 Å². The number of hydrogen-bond donors (Lipinski definition) is 0. The molecule has 1 aliphatic heterocycles. The Labute approximate surface area is 226 Å². The summed E-state index contributed by atoms with van der Waals surface area (Å²) in [7, 11) is 0. The molecule has 0 aromatic rings. The Bertz CT molecular complexity index is 484. The molecule has 0 aromatic heterocycles. The average Bonchev–Trinajstić information content (AvgIpc) is 3.43. The minimum atomic E-state index is 0.456. The zero-order valence-electron chi connectivity index (χ0n) is 24.5. The Balaban J connectivity index is 1.93. The quantitative estimate of drug-likeness (QED) is 0.0819. The van der Waals surface area contributed by atoms with E-state index in [9.17, 15) is 0 Å². The summed E-state index contributed by atoms with van der Waals surface area (Å²) in [4.78, 5) is 2.60. The molecule has 0 spiro atoms. The molecule has 0 aliphatic carbocycles. The first kappa shape index (κ1) is 33.4. The highest BCUT2D eigenvalue weighted by Gasteiger charge is 2.22. The van der Waals surface area contributed by atoms with E-state index >= 15 is 0 Å². The van der Waals surface area contributed by atoms with E-state index in [-0.39, 0.29) is 0 Å². The number of likely N-dealkylation sites (tertiary alicyclic amines) is 1. The summed E-state index contributed by atoms with van der Waals surface area (Å²) < 4.78 is 12.2. The maximum absolute atomic E-state index is 6.11. The van der Waals surface area contributed by atoms with Crippen molar-refractivity contribution in [2.45, 2.75) is 148 Å².